The Morgan fingerprint density at radius 3 is 2.42 bits per heavy atom. The van der Waals surface area contributed by atoms with Gasteiger partial charge >= 0.3 is 0 Å². The quantitative estimate of drug-likeness (QED) is 0.915. The first-order chi connectivity index (χ1) is 9.02. The molecule has 0 heterocycles. The van der Waals surface area contributed by atoms with Crippen LogP contribution in [-0.4, -0.2) is 7.11 Å². The number of benzene rings is 2. The number of ether oxygens (including phenoxy) is 1. The monoisotopic (exact) mass is 259 g/mol. The Bertz CT molecular complexity index is 595. The van der Waals surface area contributed by atoms with Crippen molar-refractivity contribution in [2.75, 3.05) is 7.11 Å². The molecule has 0 fully saturated rings. The molecule has 2 rings (SSSR count). The van der Waals surface area contributed by atoms with Gasteiger partial charge in [0, 0.05) is 5.56 Å². The molecule has 0 aliphatic heterocycles. The fourth-order valence-electron chi connectivity index (χ4n) is 2.29. The predicted octanol–water partition coefficient (Wildman–Crippen LogP) is 3.50. The molecule has 0 aromatic heterocycles. The van der Waals surface area contributed by atoms with Crippen LogP contribution < -0.4 is 10.5 Å². The summed E-state index contributed by atoms with van der Waals surface area (Å²) >= 11 is 0. The van der Waals surface area contributed by atoms with Gasteiger partial charge in [-0.05, 0) is 43.2 Å². The van der Waals surface area contributed by atoms with E-state index in [2.05, 4.69) is 6.07 Å². The molecule has 0 aliphatic carbocycles. The van der Waals surface area contributed by atoms with E-state index in [9.17, 15) is 4.39 Å². The molecular formula is C16H18FNO. The van der Waals surface area contributed by atoms with Crippen LogP contribution in [0.1, 0.15) is 28.3 Å². The fraction of sp³-hybridized carbons (Fsp3) is 0.250. The van der Waals surface area contributed by atoms with Gasteiger partial charge in [0.15, 0.2) is 0 Å². The van der Waals surface area contributed by atoms with Gasteiger partial charge < -0.3 is 10.5 Å². The zero-order chi connectivity index (χ0) is 14.0. The molecule has 2 nitrogen and oxygen atoms in total. The summed E-state index contributed by atoms with van der Waals surface area (Å²) in [5.41, 5.74) is 10.2. The van der Waals surface area contributed by atoms with Crippen molar-refractivity contribution in [3.8, 4) is 5.75 Å². The lowest BCUT2D eigenvalue weighted by Crippen LogP contribution is -2.14. The lowest BCUT2D eigenvalue weighted by atomic mass is 9.94. The van der Waals surface area contributed by atoms with Crippen LogP contribution in [-0.2, 0) is 0 Å². The van der Waals surface area contributed by atoms with E-state index >= 15 is 0 Å². The summed E-state index contributed by atoms with van der Waals surface area (Å²) in [6, 6.07) is 10.1. The molecular weight excluding hydrogens is 241 g/mol. The SMILES string of the molecule is COc1ccc(F)cc1C(N)c1ccc(C)cc1C. The zero-order valence-electron chi connectivity index (χ0n) is 11.4. The van der Waals surface area contributed by atoms with Crippen molar-refractivity contribution in [1.82, 2.24) is 0 Å². The van der Waals surface area contributed by atoms with Gasteiger partial charge in [0.2, 0.25) is 0 Å². The smallest absolute Gasteiger partial charge is 0.124 e. The van der Waals surface area contributed by atoms with Crippen LogP contribution in [0.2, 0.25) is 0 Å². The van der Waals surface area contributed by atoms with Crippen molar-refractivity contribution in [3.63, 3.8) is 0 Å². The molecule has 0 saturated heterocycles. The predicted molar refractivity (Wildman–Crippen MR) is 74.9 cm³/mol. The number of halogens is 1. The highest BCUT2D eigenvalue weighted by Gasteiger charge is 2.16. The first-order valence-corrected chi connectivity index (χ1v) is 6.19. The molecule has 0 amide bonds. The van der Waals surface area contributed by atoms with Crippen LogP contribution >= 0.6 is 0 Å². The number of nitrogens with two attached hydrogens (primary N) is 1. The Hall–Kier alpha value is -1.87. The van der Waals surface area contributed by atoms with Gasteiger partial charge in [-0.15, -0.1) is 0 Å². The van der Waals surface area contributed by atoms with E-state index in [1.807, 2.05) is 26.0 Å². The summed E-state index contributed by atoms with van der Waals surface area (Å²) in [5, 5.41) is 0. The van der Waals surface area contributed by atoms with Crippen LogP contribution in [0.4, 0.5) is 4.39 Å². The summed E-state index contributed by atoms with van der Waals surface area (Å²) in [5.74, 6) is 0.296. The lowest BCUT2D eigenvalue weighted by Gasteiger charge is -2.18. The third-order valence-corrected chi connectivity index (χ3v) is 3.29. The summed E-state index contributed by atoms with van der Waals surface area (Å²) in [6.07, 6.45) is 0. The molecule has 0 aliphatic rings. The van der Waals surface area contributed by atoms with E-state index in [4.69, 9.17) is 10.5 Å². The molecule has 0 spiro atoms. The van der Waals surface area contributed by atoms with Crippen LogP contribution in [0.3, 0.4) is 0 Å². The van der Waals surface area contributed by atoms with Gasteiger partial charge in [0.05, 0.1) is 13.2 Å². The maximum absolute atomic E-state index is 13.4. The average molecular weight is 259 g/mol. The van der Waals surface area contributed by atoms with E-state index in [1.165, 1.54) is 17.7 Å². The first-order valence-electron chi connectivity index (χ1n) is 6.19. The van der Waals surface area contributed by atoms with Crippen molar-refractivity contribution in [2.24, 2.45) is 5.73 Å². The summed E-state index contributed by atoms with van der Waals surface area (Å²) in [4.78, 5) is 0. The molecule has 0 radical (unpaired) electrons. The van der Waals surface area contributed by atoms with E-state index in [-0.39, 0.29) is 5.82 Å². The van der Waals surface area contributed by atoms with Crippen molar-refractivity contribution >= 4 is 0 Å². The second kappa shape index (κ2) is 5.41. The maximum atomic E-state index is 13.4. The minimum Gasteiger partial charge on any atom is -0.496 e. The Morgan fingerprint density at radius 2 is 1.79 bits per heavy atom. The molecule has 2 aromatic rings. The van der Waals surface area contributed by atoms with Crippen molar-refractivity contribution in [1.29, 1.82) is 0 Å². The minimum absolute atomic E-state index is 0.309. The number of hydrogen-bond donors (Lipinski definition) is 1. The molecule has 0 bridgehead atoms. The van der Waals surface area contributed by atoms with Gasteiger partial charge in [-0.1, -0.05) is 23.8 Å². The Morgan fingerprint density at radius 1 is 1.05 bits per heavy atom. The van der Waals surface area contributed by atoms with Crippen molar-refractivity contribution in [2.45, 2.75) is 19.9 Å². The Kier molecular flexibility index (Phi) is 3.86. The summed E-state index contributed by atoms with van der Waals surface area (Å²) in [7, 11) is 1.56. The van der Waals surface area contributed by atoms with Gasteiger partial charge in [0.1, 0.15) is 11.6 Å². The minimum atomic E-state index is -0.397. The molecule has 1 atom stereocenters. The van der Waals surface area contributed by atoms with Crippen molar-refractivity contribution in [3.05, 3.63) is 64.5 Å². The summed E-state index contributed by atoms with van der Waals surface area (Å²) < 4.78 is 18.7. The normalized spacial score (nSPS) is 12.3. The molecule has 19 heavy (non-hydrogen) atoms. The number of hydrogen-bond acceptors (Lipinski definition) is 2. The van der Waals surface area contributed by atoms with Gasteiger partial charge in [-0.3, -0.25) is 0 Å². The van der Waals surface area contributed by atoms with E-state index in [0.29, 0.717) is 11.3 Å². The Balaban J connectivity index is 2.49. The van der Waals surface area contributed by atoms with Crippen molar-refractivity contribution < 1.29 is 9.13 Å². The molecule has 0 saturated carbocycles. The number of methoxy groups -OCH3 is 1. The second-order valence-electron chi connectivity index (χ2n) is 4.72. The number of rotatable bonds is 3. The highest BCUT2D eigenvalue weighted by molar-refractivity contribution is 5.44. The first kappa shape index (κ1) is 13.6. The van der Waals surface area contributed by atoms with Crippen LogP contribution in [0.25, 0.3) is 0 Å². The third-order valence-electron chi connectivity index (χ3n) is 3.29. The van der Waals surface area contributed by atoms with Crippen LogP contribution in [0, 0.1) is 19.7 Å². The van der Waals surface area contributed by atoms with E-state index in [0.717, 1.165) is 11.1 Å². The number of aryl methyl sites for hydroxylation is 2. The second-order valence-corrected chi connectivity index (χ2v) is 4.72. The largest absolute Gasteiger partial charge is 0.496 e. The third kappa shape index (κ3) is 2.76. The highest BCUT2D eigenvalue weighted by atomic mass is 19.1. The zero-order valence-corrected chi connectivity index (χ0v) is 11.4. The molecule has 3 heteroatoms. The lowest BCUT2D eigenvalue weighted by molar-refractivity contribution is 0.406. The van der Waals surface area contributed by atoms with Gasteiger partial charge in [-0.2, -0.15) is 0 Å². The van der Waals surface area contributed by atoms with Gasteiger partial charge in [-0.25, -0.2) is 4.39 Å². The molecule has 2 aromatic carbocycles. The van der Waals surface area contributed by atoms with Crippen LogP contribution in [0.15, 0.2) is 36.4 Å². The molecule has 2 N–H and O–H groups in total. The molecule has 1 unspecified atom stereocenters. The standard InChI is InChI=1S/C16H18FNO/c1-10-4-6-13(11(2)8-10)16(18)14-9-12(17)5-7-15(14)19-3/h4-9,16H,18H2,1-3H3. The van der Waals surface area contributed by atoms with Gasteiger partial charge in [0.25, 0.3) is 0 Å². The van der Waals surface area contributed by atoms with E-state index < -0.39 is 6.04 Å². The Labute approximate surface area is 113 Å². The van der Waals surface area contributed by atoms with E-state index in [1.54, 1.807) is 13.2 Å². The maximum Gasteiger partial charge on any atom is 0.124 e. The molecule has 100 valence electrons. The average Bonchev–Trinajstić information content (AvgIpc) is 2.38. The summed E-state index contributed by atoms with van der Waals surface area (Å²) in [6.45, 7) is 4.04. The highest BCUT2D eigenvalue weighted by Crippen LogP contribution is 2.30. The van der Waals surface area contributed by atoms with Crippen LogP contribution in [0.5, 0.6) is 5.75 Å². The fourth-order valence-corrected chi connectivity index (χ4v) is 2.29. The topological polar surface area (TPSA) is 35.2 Å².